The molecule has 0 saturated carbocycles. The Kier molecular flexibility index (Phi) is 4.72. The Morgan fingerprint density at radius 1 is 1.04 bits per heavy atom. The van der Waals surface area contributed by atoms with Gasteiger partial charge >= 0.3 is 0 Å². The lowest BCUT2D eigenvalue weighted by Crippen LogP contribution is -2.18. The van der Waals surface area contributed by atoms with Crippen LogP contribution in [0.2, 0.25) is 0 Å². The maximum absolute atomic E-state index is 12.8. The molecule has 0 spiro atoms. The normalized spacial score (nSPS) is 11.2. The Labute approximate surface area is 162 Å². The molecule has 2 aromatic carbocycles. The van der Waals surface area contributed by atoms with Crippen LogP contribution in [0.1, 0.15) is 27.4 Å². The number of aryl methyl sites for hydroxylation is 2. The van der Waals surface area contributed by atoms with Crippen molar-refractivity contribution >= 4 is 23.0 Å². The number of amides is 1. The number of fused-ring (bicyclic) bond motifs is 1. The molecule has 28 heavy (non-hydrogen) atoms. The van der Waals surface area contributed by atoms with E-state index in [1.807, 2.05) is 68.4 Å². The summed E-state index contributed by atoms with van der Waals surface area (Å²) < 4.78 is 5.42. The van der Waals surface area contributed by atoms with Gasteiger partial charge in [-0.2, -0.15) is 5.10 Å². The highest BCUT2D eigenvalue weighted by molar-refractivity contribution is 6.07. The molecular weight excluding hydrogens is 350 g/mol. The third-order valence-electron chi connectivity index (χ3n) is 4.43. The summed E-state index contributed by atoms with van der Waals surface area (Å²) in [5, 5.41) is 4.79. The second-order valence-electron chi connectivity index (χ2n) is 6.59. The fourth-order valence-electron chi connectivity index (χ4n) is 2.97. The first-order chi connectivity index (χ1) is 13.6. The van der Waals surface area contributed by atoms with Crippen molar-refractivity contribution in [2.24, 2.45) is 5.10 Å². The van der Waals surface area contributed by atoms with Crippen LogP contribution >= 0.6 is 0 Å². The number of carbonyl (C=O) groups is 1. The van der Waals surface area contributed by atoms with Crippen molar-refractivity contribution in [1.82, 2.24) is 10.4 Å². The largest absolute Gasteiger partial charge is 0.460 e. The molecule has 5 nitrogen and oxygen atoms in total. The second kappa shape index (κ2) is 7.48. The monoisotopic (exact) mass is 369 g/mol. The highest BCUT2D eigenvalue weighted by Gasteiger charge is 2.13. The number of furan rings is 1. The van der Waals surface area contributed by atoms with Crippen molar-refractivity contribution in [1.29, 1.82) is 0 Å². The van der Waals surface area contributed by atoms with Crippen LogP contribution in [-0.4, -0.2) is 17.1 Å². The summed E-state index contributed by atoms with van der Waals surface area (Å²) >= 11 is 0. The zero-order chi connectivity index (χ0) is 19.5. The van der Waals surface area contributed by atoms with Crippen molar-refractivity contribution in [3.05, 3.63) is 89.4 Å². The molecule has 138 valence electrons. The maximum atomic E-state index is 12.8. The fraction of sp³-hybridized carbons (Fsp3) is 0.0870. The lowest BCUT2D eigenvalue weighted by molar-refractivity contribution is 0.0956. The molecule has 0 radical (unpaired) electrons. The summed E-state index contributed by atoms with van der Waals surface area (Å²) in [6, 6.07) is 21.1. The molecule has 2 heterocycles. The highest BCUT2D eigenvalue weighted by atomic mass is 16.3. The van der Waals surface area contributed by atoms with Gasteiger partial charge in [0, 0.05) is 10.9 Å². The van der Waals surface area contributed by atoms with E-state index in [1.165, 1.54) is 11.8 Å². The van der Waals surface area contributed by atoms with E-state index >= 15 is 0 Å². The lowest BCUT2D eigenvalue weighted by Gasteiger charge is -2.09. The van der Waals surface area contributed by atoms with Crippen LogP contribution in [0, 0.1) is 13.8 Å². The van der Waals surface area contributed by atoms with Crippen LogP contribution in [0.4, 0.5) is 0 Å². The predicted molar refractivity (Wildman–Crippen MR) is 110 cm³/mol. The zero-order valence-electron chi connectivity index (χ0n) is 15.6. The molecule has 0 aliphatic carbocycles. The summed E-state index contributed by atoms with van der Waals surface area (Å²) in [4.78, 5) is 17.5. The van der Waals surface area contributed by atoms with E-state index in [2.05, 4.69) is 10.5 Å². The Hall–Kier alpha value is -3.73. The summed E-state index contributed by atoms with van der Waals surface area (Å²) in [7, 11) is 0. The fourth-order valence-corrected chi connectivity index (χ4v) is 2.97. The van der Waals surface area contributed by atoms with Gasteiger partial charge in [-0.3, -0.25) is 4.79 Å². The number of para-hydroxylation sites is 1. The minimum absolute atomic E-state index is 0.300. The number of aromatic nitrogens is 1. The van der Waals surface area contributed by atoms with E-state index in [4.69, 9.17) is 9.40 Å². The van der Waals surface area contributed by atoms with Gasteiger partial charge in [0.1, 0.15) is 11.5 Å². The molecule has 2 aromatic heterocycles. The quantitative estimate of drug-likeness (QED) is 0.412. The first kappa shape index (κ1) is 17.7. The van der Waals surface area contributed by atoms with Crippen LogP contribution in [0.15, 0.2) is 76.2 Å². The standard InChI is InChI=1S/C23H19N3O2/c1-15-7-10-17(11-8-15)22-13-20(19-5-3-4-6-21(19)25-22)23(27)26-24-14-18-12-9-16(2)28-18/h3-14H,1-2H3,(H,26,27)/b24-14-. The lowest BCUT2D eigenvalue weighted by atomic mass is 10.0. The predicted octanol–water partition coefficient (Wildman–Crippen LogP) is 4.88. The molecule has 0 aliphatic heterocycles. The maximum Gasteiger partial charge on any atom is 0.272 e. The summed E-state index contributed by atoms with van der Waals surface area (Å²) in [6.45, 7) is 3.89. The SMILES string of the molecule is Cc1ccc(-c2cc(C(=O)N/N=C\c3ccc(C)o3)c3ccccc3n2)cc1. The molecule has 0 aliphatic rings. The molecule has 0 bridgehead atoms. The number of hydrazone groups is 1. The number of hydrogen-bond donors (Lipinski definition) is 1. The van der Waals surface area contributed by atoms with Crippen molar-refractivity contribution < 1.29 is 9.21 Å². The number of hydrogen-bond acceptors (Lipinski definition) is 4. The molecule has 0 fully saturated rings. The van der Waals surface area contributed by atoms with Gasteiger partial charge in [0.2, 0.25) is 0 Å². The summed E-state index contributed by atoms with van der Waals surface area (Å²) in [5.74, 6) is 1.07. The first-order valence-corrected chi connectivity index (χ1v) is 8.97. The number of benzene rings is 2. The average Bonchev–Trinajstić information content (AvgIpc) is 3.12. The van der Waals surface area contributed by atoms with Gasteiger partial charge in [-0.25, -0.2) is 10.4 Å². The van der Waals surface area contributed by atoms with E-state index in [0.29, 0.717) is 11.3 Å². The summed E-state index contributed by atoms with van der Waals surface area (Å²) in [6.07, 6.45) is 1.48. The van der Waals surface area contributed by atoms with Gasteiger partial charge in [-0.05, 0) is 38.1 Å². The molecule has 0 unspecified atom stereocenters. The molecule has 1 amide bonds. The van der Waals surface area contributed by atoms with Crippen LogP contribution < -0.4 is 5.43 Å². The van der Waals surface area contributed by atoms with E-state index in [1.54, 1.807) is 12.1 Å². The topological polar surface area (TPSA) is 67.5 Å². The van der Waals surface area contributed by atoms with E-state index in [9.17, 15) is 4.79 Å². The number of carbonyl (C=O) groups excluding carboxylic acids is 1. The Balaban J connectivity index is 1.69. The zero-order valence-corrected chi connectivity index (χ0v) is 15.6. The van der Waals surface area contributed by atoms with Crippen molar-refractivity contribution in [2.75, 3.05) is 0 Å². The van der Waals surface area contributed by atoms with Crippen molar-refractivity contribution in [2.45, 2.75) is 13.8 Å². The molecule has 0 saturated heterocycles. The van der Waals surface area contributed by atoms with Gasteiger partial charge in [-0.15, -0.1) is 0 Å². The number of nitrogens with one attached hydrogen (secondary N) is 1. The number of rotatable bonds is 4. The van der Waals surface area contributed by atoms with Crippen LogP contribution in [0.25, 0.3) is 22.2 Å². The van der Waals surface area contributed by atoms with Crippen molar-refractivity contribution in [3.63, 3.8) is 0 Å². The van der Waals surface area contributed by atoms with E-state index in [0.717, 1.165) is 27.9 Å². The molecule has 4 rings (SSSR count). The van der Waals surface area contributed by atoms with Crippen LogP contribution in [-0.2, 0) is 0 Å². The van der Waals surface area contributed by atoms with E-state index < -0.39 is 0 Å². The number of pyridine rings is 1. The molecule has 5 heteroatoms. The van der Waals surface area contributed by atoms with Crippen molar-refractivity contribution in [3.8, 4) is 11.3 Å². The van der Waals surface area contributed by atoms with Gasteiger partial charge in [0.05, 0.1) is 23.0 Å². The third-order valence-corrected chi connectivity index (χ3v) is 4.43. The van der Waals surface area contributed by atoms with Gasteiger partial charge in [-0.1, -0.05) is 48.0 Å². The van der Waals surface area contributed by atoms with Gasteiger partial charge in [0.15, 0.2) is 0 Å². The summed E-state index contributed by atoms with van der Waals surface area (Å²) in [5.41, 5.74) is 6.74. The van der Waals surface area contributed by atoms with Crippen LogP contribution in [0.3, 0.4) is 0 Å². The average molecular weight is 369 g/mol. The minimum atomic E-state index is -0.300. The third kappa shape index (κ3) is 3.69. The molecule has 0 atom stereocenters. The Bertz CT molecular complexity index is 1170. The Morgan fingerprint density at radius 3 is 2.57 bits per heavy atom. The first-order valence-electron chi connectivity index (χ1n) is 8.97. The van der Waals surface area contributed by atoms with Crippen LogP contribution in [0.5, 0.6) is 0 Å². The smallest absolute Gasteiger partial charge is 0.272 e. The minimum Gasteiger partial charge on any atom is -0.460 e. The number of nitrogens with zero attached hydrogens (tertiary/aromatic N) is 2. The second-order valence-corrected chi connectivity index (χ2v) is 6.59. The molecular formula is C23H19N3O2. The molecule has 4 aromatic rings. The van der Waals surface area contributed by atoms with Gasteiger partial charge < -0.3 is 4.42 Å². The Morgan fingerprint density at radius 2 is 1.82 bits per heavy atom. The van der Waals surface area contributed by atoms with E-state index in [-0.39, 0.29) is 5.91 Å². The van der Waals surface area contributed by atoms with Gasteiger partial charge in [0.25, 0.3) is 5.91 Å². The molecule has 1 N–H and O–H groups in total. The highest BCUT2D eigenvalue weighted by Crippen LogP contribution is 2.25.